The third kappa shape index (κ3) is 6.59. The van der Waals surface area contributed by atoms with Crippen LogP contribution in [0.1, 0.15) is 12.8 Å². The lowest BCUT2D eigenvalue weighted by Gasteiger charge is -2.42. The minimum atomic E-state index is -0.843. The fraction of sp³-hybridized carbons (Fsp3) is 0.333. The highest BCUT2D eigenvalue weighted by Gasteiger charge is 2.26. The first-order chi connectivity index (χ1) is 20.4. The molecule has 0 unspecified atom stereocenters. The van der Waals surface area contributed by atoms with Gasteiger partial charge in [-0.15, -0.1) is 0 Å². The molecule has 0 saturated carbocycles. The summed E-state index contributed by atoms with van der Waals surface area (Å²) >= 11 is 5.83. The molecule has 0 atom stereocenters. The Labute approximate surface area is 248 Å². The first-order valence-electron chi connectivity index (χ1n) is 14.0. The lowest BCUT2D eigenvalue weighted by atomic mass is 10.0. The number of likely N-dealkylation sites (N-methyl/N-ethyl adjacent to an activating group) is 1. The highest BCUT2D eigenvalue weighted by atomic mass is 35.5. The summed E-state index contributed by atoms with van der Waals surface area (Å²) in [7, 11) is 2.20. The van der Waals surface area contributed by atoms with Gasteiger partial charge in [0.1, 0.15) is 23.3 Å². The van der Waals surface area contributed by atoms with Crippen LogP contribution < -0.4 is 15.5 Å². The van der Waals surface area contributed by atoms with E-state index >= 15 is 0 Å². The van der Waals surface area contributed by atoms with Crippen molar-refractivity contribution < 1.29 is 8.78 Å². The van der Waals surface area contributed by atoms with E-state index in [-0.39, 0.29) is 16.4 Å². The van der Waals surface area contributed by atoms with E-state index in [0.29, 0.717) is 29.7 Å². The predicted octanol–water partition coefficient (Wildman–Crippen LogP) is 5.57. The average Bonchev–Trinajstić information content (AvgIpc) is 3.00. The molecule has 0 amide bonds. The van der Waals surface area contributed by atoms with Gasteiger partial charge in [-0.05, 0) is 62.4 Å². The summed E-state index contributed by atoms with van der Waals surface area (Å²) in [6.45, 7) is 6.79. The maximum Gasteiger partial charge on any atom is 0.229 e. The zero-order valence-electron chi connectivity index (χ0n) is 23.3. The number of hydrogen-bond donors (Lipinski definition) is 2. The van der Waals surface area contributed by atoms with E-state index in [1.807, 2.05) is 12.1 Å². The third-order valence-electron chi connectivity index (χ3n) is 7.83. The lowest BCUT2D eigenvalue weighted by Crippen LogP contribution is -2.52. The minimum absolute atomic E-state index is 0.00191. The smallest absolute Gasteiger partial charge is 0.229 e. The molecule has 2 N–H and O–H groups in total. The summed E-state index contributed by atoms with van der Waals surface area (Å²) in [6, 6.07) is 14.2. The van der Waals surface area contributed by atoms with Crippen LogP contribution in [0.5, 0.6) is 0 Å². The molecule has 2 aromatic carbocycles. The van der Waals surface area contributed by atoms with Crippen molar-refractivity contribution in [3.05, 3.63) is 77.6 Å². The molecule has 42 heavy (non-hydrogen) atoms. The molecule has 0 aliphatic carbocycles. The van der Waals surface area contributed by atoms with Gasteiger partial charge in [-0.1, -0.05) is 11.6 Å². The number of anilines is 5. The molecule has 12 heteroatoms. The van der Waals surface area contributed by atoms with Crippen molar-refractivity contribution in [2.24, 2.45) is 0 Å². The molecule has 2 aliphatic heterocycles. The van der Waals surface area contributed by atoms with Crippen molar-refractivity contribution >= 4 is 40.6 Å². The Morgan fingerprint density at radius 2 is 1.48 bits per heavy atom. The SMILES string of the molecule is CN1CCN(C2CCN(c3ccc(Nc4nccc(Nc5ccnc(-c6cc(Cl)c(F)cc6F)n5)n4)cc3)CC2)CC1. The van der Waals surface area contributed by atoms with Crippen molar-refractivity contribution in [1.29, 1.82) is 0 Å². The molecule has 2 fully saturated rings. The zero-order valence-corrected chi connectivity index (χ0v) is 24.0. The molecule has 2 saturated heterocycles. The number of rotatable bonds is 7. The summed E-state index contributed by atoms with van der Waals surface area (Å²) in [5, 5.41) is 6.12. The number of piperazine rings is 1. The van der Waals surface area contributed by atoms with E-state index in [1.165, 1.54) is 43.9 Å². The van der Waals surface area contributed by atoms with Gasteiger partial charge in [0.2, 0.25) is 5.95 Å². The summed E-state index contributed by atoms with van der Waals surface area (Å²) in [6.07, 6.45) is 5.48. The molecule has 2 aliphatic rings. The molecule has 0 radical (unpaired) electrons. The van der Waals surface area contributed by atoms with Gasteiger partial charge in [-0.25, -0.2) is 23.7 Å². The Hall–Kier alpha value is -3.93. The van der Waals surface area contributed by atoms with Crippen LogP contribution in [0, 0.1) is 11.6 Å². The Morgan fingerprint density at radius 3 is 2.21 bits per heavy atom. The van der Waals surface area contributed by atoms with Crippen molar-refractivity contribution in [2.45, 2.75) is 18.9 Å². The fourth-order valence-corrected chi connectivity index (χ4v) is 5.60. The van der Waals surface area contributed by atoms with Crippen molar-refractivity contribution in [3.8, 4) is 11.4 Å². The second-order valence-corrected chi connectivity index (χ2v) is 11.0. The van der Waals surface area contributed by atoms with Crippen LogP contribution in [0.3, 0.4) is 0 Å². The Kier molecular flexibility index (Phi) is 8.41. The van der Waals surface area contributed by atoms with E-state index in [0.717, 1.165) is 31.9 Å². The number of nitrogens with zero attached hydrogens (tertiary/aromatic N) is 7. The molecular formula is C30H32ClF2N9. The number of benzene rings is 2. The number of aromatic nitrogens is 4. The van der Waals surface area contributed by atoms with E-state index in [9.17, 15) is 8.78 Å². The molecule has 0 spiro atoms. The Morgan fingerprint density at radius 1 is 0.786 bits per heavy atom. The molecule has 218 valence electrons. The van der Waals surface area contributed by atoms with Crippen LogP contribution in [0.4, 0.5) is 37.7 Å². The Bertz CT molecular complexity index is 1520. The second-order valence-electron chi connectivity index (χ2n) is 10.6. The van der Waals surface area contributed by atoms with Gasteiger partial charge in [-0.2, -0.15) is 4.98 Å². The fourth-order valence-electron chi connectivity index (χ4n) is 5.43. The largest absolute Gasteiger partial charge is 0.371 e. The van der Waals surface area contributed by atoms with Crippen LogP contribution in [0.25, 0.3) is 11.4 Å². The molecule has 9 nitrogen and oxygen atoms in total. The quantitative estimate of drug-likeness (QED) is 0.268. The molecular weight excluding hydrogens is 560 g/mol. The minimum Gasteiger partial charge on any atom is -0.371 e. The van der Waals surface area contributed by atoms with E-state index in [2.05, 4.69) is 64.4 Å². The molecule has 4 heterocycles. The zero-order chi connectivity index (χ0) is 29.1. The number of halogens is 3. The maximum absolute atomic E-state index is 14.3. The number of piperidine rings is 1. The first kappa shape index (κ1) is 28.2. The number of hydrogen-bond acceptors (Lipinski definition) is 9. The molecule has 6 rings (SSSR count). The summed E-state index contributed by atoms with van der Waals surface area (Å²) in [5.41, 5.74) is 2.08. The Balaban J connectivity index is 1.06. The van der Waals surface area contributed by atoms with Crippen LogP contribution in [0.2, 0.25) is 5.02 Å². The van der Waals surface area contributed by atoms with Gasteiger partial charge in [0.15, 0.2) is 5.82 Å². The van der Waals surface area contributed by atoms with Gasteiger partial charge in [0.05, 0.1) is 10.6 Å². The normalized spacial score (nSPS) is 16.9. The van der Waals surface area contributed by atoms with Crippen LogP contribution in [0.15, 0.2) is 60.9 Å². The third-order valence-corrected chi connectivity index (χ3v) is 8.12. The van der Waals surface area contributed by atoms with Crippen LogP contribution in [-0.2, 0) is 0 Å². The summed E-state index contributed by atoms with van der Waals surface area (Å²) in [4.78, 5) is 24.8. The number of nitrogens with one attached hydrogen (secondary N) is 2. The molecule has 2 aromatic heterocycles. The van der Waals surface area contributed by atoms with Gasteiger partial charge in [0, 0.05) is 75.1 Å². The van der Waals surface area contributed by atoms with Crippen molar-refractivity contribution in [1.82, 2.24) is 29.7 Å². The average molecular weight is 592 g/mol. The van der Waals surface area contributed by atoms with Crippen molar-refractivity contribution in [3.63, 3.8) is 0 Å². The van der Waals surface area contributed by atoms with Gasteiger partial charge in [0.25, 0.3) is 0 Å². The standard InChI is InChI=1S/C30H32ClF2N9/c1-40-14-16-42(17-15-40)22-8-12-41(13-9-22)21-4-2-20(3-5-21)36-30-35-11-7-28(39-30)37-27-6-10-34-29(38-27)23-18-24(31)26(33)19-25(23)32/h2-7,10-11,18-19,22H,8-9,12-17H2,1H3,(H2,34,35,36,37,38,39). The van der Waals surface area contributed by atoms with Gasteiger partial charge in [-0.3, -0.25) is 4.90 Å². The van der Waals surface area contributed by atoms with E-state index in [4.69, 9.17) is 11.6 Å². The van der Waals surface area contributed by atoms with Crippen molar-refractivity contribution in [2.75, 3.05) is 61.8 Å². The summed E-state index contributed by atoms with van der Waals surface area (Å²) < 4.78 is 27.9. The molecule has 0 bridgehead atoms. The predicted molar refractivity (Wildman–Crippen MR) is 162 cm³/mol. The highest BCUT2D eigenvalue weighted by Crippen LogP contribution is 2.28. The first-order valence-corrected chi connectivity index (χ1v) is 14.4. The topological polar surface area (TPSA) is 85.3 Å². The lowest BCUT2D eigenvalue weighted by molar-refractivity contribution is 0.0982. The maximum atomic E-state index is 14.3. The summed E-state index contributed by atoms with van der Waals surface area (Å²) in [5.74, 6) is -0.311. The van der Waals surface area contributed by atoms with E-state index in [1.54, 1.807) is 18.3 Å². The van der Waals surface area contributed by atoms with Crippen LogP contribution in [-0.4, -0.2) is 82.1 Å². The second kappa shape index (κ2) is 12.5. The van der Waals surface area contributed by atoms with Gasteiger partial charge >= 0.3 is 0 Å². The highest BCUT2D eigenvalue weighted by molar-refractivity contribution is 6.31. The van der Waals surface area contributed by atoms with E-state index < -0.39 is 11.6 Å². The van der Waals surface area contributed by atoms with Gasteiger partial charge < -0.3 is 20.4 Å². The molecule has 4 aromatic rings. The van der Waals surface area contributed by atoms with Crippen LogP contribution >= 0.6 is 11.6 Å². The monoisotopic (exact) mass is 591 g/mol.